The van der Waals surface area contributed by atoms with Crippen molar-refractivity contribution in [2.24, 2.45) is 5.73 Å². The van der Waals surface area contributed by atoms with Gasteiger partial charge in [0, 0.05) is 23.4 Å². The number of nitrogens with two attached hydrogens (primary N) is 1. The van der Waals surface area contributed by atoms with E-state index in [1.165, 1.54) is 0 Å². The molecule has 1 aromatic carbocycles. The number of ether oxygens (including phenoxy) is 1. The number of unbranched alkanes of at least 4 members (excludes halogenated alkanes) is 1. The second-order valence-corrected chi connectivity index (χ2v) is 4.48. The van der Waals surface area contributed by atoms with Crippen LogP contribution in [-0.2, 0) is 4.74 Å². The largest absolute Gasteiger partial charge is 0.450 e. The number of rotatable bonds is 3. The molecule has 0 radical (unpaired) electrons. The molecule has 0 aliphatic carbocycles. The van der Waals surface area contributed by atoms with Gasteiger partial charge in [0.25, 0.3) is 6.08 Å². The van der Waals surface area contributed by atoms with Gasteiger partial charge in [0.2, 0.25) is 0 Å². The number of carbonyl (C=O) groups is 1. The Bertz CT molecular complexity index is 500. The van der Waals surface area contributed by atoms with Crippen LogP contribution >= 0.6 is 0 Å². The molecule has 6 heteroatoms. The fraction of sp³-hybridized carbons (Fsp3) is 0.400. The summed E-state index contributed by atoms with van der Waals surface area (Å²) in [6, 6.07) is 7.15. The van der Waals surface area contributed by atoms with Crippen LogP contribution < -0.4 is 11.1 Å². The molecule has 0 atom stereocenters. The highest BCUT2D eigenvalue weighted by atomic mass is 19.3. The Morgan fingerprint density at radius 2 is 2.10 bits per heavy atom. The van der Waals surface area contributed by atoms with Gasteiger partial charge in [0.15, 0.2) is 0 Å². The van der Waals surface area contributed by atoms with Gasteiger partial charge < -0.3 is 15.8 Å². The van der Waals surface area contributed by atoms with Crippen LogP contribution in [-0.4, -0.2) is 19.2 Å². The molecular weight excluding hydrogens is 278 g/mol. The summed E-state index contributed by atoms with van der Waals surface area (Å²) in [6.45, 7) is 3.06. The molecule has 2 rings (SSSR count). The molecule has 1 heterocycles. The molecule has 0 saturated carbocycles. The van der Waals surface area contributed by atoms with E-state index in [4.69, 9.17) is 0 Å². The van der Waals surface area contributed by atoms with Gasteiger partial charge in [-0.2, -0.15) is 8.78 Å². The van der Waals surface area contributed by atoms with Crippen molar-refractivity contribution >= 4 is 17.4 Å². The Morgan fingerprint density at radius 3 is 2.71 bits per heavy atom. The van der Waals surface area contributed by atoms with Gasteiger partial charge in [-0.1, -0.05) is 31.5 Å². The molecule has 4 nitrogen and oxygen atoms in total. The zero-order chi connectivity index (χ0) is 15.7. The Hall–Kier alpha value is -2.11. The lowest BCUT2D eigenvalue weighted by Crippen LogP contribution is -2.13. The van der Waals surface area contributed by atoms with Gasteiger partial charge in [-0.25, -0.2) is 4.79 Å². The summed E-state index contributed by atoms with van der Waals surface area (Å²) in [5.41, 5.74) is 6.28. The van der Waals surface area contributed by atoms with Crippen LogP contribution in [0, 0.1) is 0 Å². The summed E-state index contributed by atoms with van der Waals surface area (Å²) >= 11 is 0. The zero-order valence-electron chi connectivity index (χ0n) is 12.0. The van der Waals surface area contributed by atoms with Gasteiger partial charge >= 0.3 is 6.09 Å². The lowest BCUT2D eigenvalue weighted by molar-refractivity contribution is 0.155. The number of halogens is 2. The molecule has 1 aliphatic heterocycles. The minimum absolute atomic E-state index is 0.175. The second-order valence-electron chi connectivity index (χ2n) is 4.48. The molecule has 0 fully saturated rings. The van der Waals surface area contributed by atoms with E-state index in [2.05, 4.69) is 15.8 Å². The van der Waals surface area contributed by atoms with Gasteiger partial charge in [-0.05, 0) is 18.9 Å². The summed E-state index contributed by atoms with van der Waals surface area (Å²) in [6.07, 6.45) is 0.0719. The minimum Gasteiger partial charge on any atom is -0.450 e. The fourth-order valence-electron chi connectivity index (χ4n) is 1.87. The van der Waals surface area contributed by atoms with Crippen molar-refractivity contribution in [2.75, 3.05) is 18.5 Å². The molecule has 3 N–H and O–H groups in total. The normalized spacial score (nSPS) is 12.4. The van der Waals surface area contributed by atoms with Crippen molar-refractivity contribution in [3.05, 3.63) is 35.9 Å². The van der Waals surface area contributed by atoms with Gasteiger partial charge in [0.1, 0.15) is 0 Å². The number of carbonyl (C=O) groups excluding carboxylic acids is 1. The SMILES string of the molecule is CCCCOC(N)=O.FC(F)=C1CCNc2ccccc21. The average Bonchev–Trinajstić information content (AvgIpc) is 2.47. The van der Waals surface area contributed by atoms with E-state index in [0.717, 1.165) is 18.5 Å². The molecule has 0 spiro atoms. The van der Waals surface area contributed by atoms with Crippen LogP contribution in [0.3, 0.4) is 0 Å². The third-order valence-corrected chi connectivity index (χ3v) is 2.91. The maximum Gasteiger partial charge on any atom is 0.404 e. The van der Waals surface area contributed by atoms with Crippen molar-refractivity contribution in [3.8, 4) is 0 Å². The fourth-order valence-corrected chi connectivity index (χ4v) is 1.87. The Morgan fingerprint density at radius 1 is 1.38 bits per heavy atom. The number of para-hydroxylation sites is 1. The molecule has 1 aromatic rings. The van der Waals surface area contributed by atoms with Crippen LogP contribution in [0.25, 0.3) is 5.57 Å². The maximum absolute atomic E-state index is 12.5. The second kappa shape index (κ2) is 8.94. The van der Waals surface area contributed by atoms with E-state index in [9.17, 15) is 13.6 Å². The molecular formula is C15H20F2N2O2. The predicted molar refractivity (Wildman–Crippen MR) is 79.1 cm³/mol. The molecule has 1 amide bonds. The maximum atomic E-state index is 12.5. The van der Waals surface area contributed by atoms with E-state index in [1.807, 2.05) is 19.1 Å². The number of amides is 1. The van der Waals surface area contributed by atoms with Crippen molar-refractivity contribution in [2.45, 2.75) is 26.2 Å². The number of primary amides is 1. The molecule has 1 aliphatic rings. The first kappa shape index (κ1) is 16.9. The lowest BCUT2D eigenvalue weighted by atomic mass is 9.98. The standard InChI is InChI=1S/C10H9F2N.C5H11NO2/c11-10(12)8-5-6-13-9-4-2-1-3-7(8)9;1-2-3-4-8-5(6)7/h1-4,13H,5-6H2;2-4H2,1H3,(H2,6,7). The predicted octanol–water partition coefficient (Wildman–Crippen LogP) is 3.99. The summed E-state index contributed by atoms with van der Waals surface area (Å²) in [4.78, 5) is 9.87. The summed E-state index contributed by atoms with van der Waals surface area (Å²) in [7, 11) is 0. The van der Waals surface area contributed by atoms with E-state index < -0.39 is 12.2 Å². The molecule has 21 heavy (non-hydrogen) atoms. The number of anilines is 1. The van der Waals surface area contributed by atoms with Crippen molar-refractivity contribution in [1.82, 2.24) is 0 Å². The number of nitrogens with one attached hydrogen (secondary N) is 1. The number of benzene rings is 1. The Balaban J connectivity index is 0.000000240. The van der Waals surface area contributed by atoms with Crippen LogP contribution in [0.5, 0.6) is 0 Å². The zero-order valence-corrected chi connectivity index (χ0v) is 12.0. The number of hydrogen-bond acceptors (Lipinski definition) is 3. The number of hydrogen-bond donors (Lipinski definition) is 2. The highest BCUT2D eigenvalue weighted by Gasteiger charge is 2.16. The van der Waals surface area contributed by atoms with Gasteiger partial charge in [-0.15, -0.1) is 0 Å². The average molecular weight is 298 g/mol. The van der Waals surface area contributed by atoms with Crippen molar-refractivity contribution in [1.29, 1.82) is 0 Å². The monoisotopic (exact) mass is 298 g/mol. The Kier molecular flexibility index (Phi) is 7.21. The first-order chi connectivity index (χ1) is 10.1. The van der Waals surface area contributed by atoms with Crippen molar-refractivity contribution in [3.63, 3.8) is 0 Å². The lowest BCUT2D eigenvalue weighted by Gasteiger charge is -2.19. The number of fused-ring (bicyclic) bond motifs is 1. The quantitative estimate of drug-likeness (QED) is 0.829. The van der Waals surface area contributed by atoms with Crippen LogP contribution in [0.15, 0.2) is 30.3 Å². The van der Waals surface area contributed by atoms with Crippen LogP contribution in [0.2, 0.25) is 0 Å². The summed E-state index contributed by atoms with van der Waals surface area (Å²) in [5, 5.41) is 3.08. The van der Waals surface area contributed by atoms with Gasteiger partial charge in [-0.3, -0.25) is 0 Å². The first-order valence-corrected chi connectivity index (χ1v) is 6.86. The third kappa shape index (κ3) is 5.81. The molecule has 0 unspecified atom stereocenters. The first-order valence-electron chi connectivity index (χ1n) is 6.86. The minimum atomic E-state index is -1.56. The molecule has 116 valence electrons. The summed E-state index contributed by atoms with van der Waals surface area (Å²) < 4.78 is 29.3. The van der Waals surface area contributed by atoms with E-state index >= 15 is 0 Å². The van der Waals surface area contributed by atoms with E-state index in [0.29, 0.717) is 25.1 Å². The van der Waals surface area contributed by atoms with Gasteiger partial charge in [0.05, 0.1) is 6.61 Å². The van der Waals surface area contributed by atoms with E-state index in [-0.39, 0.29) is 5.57 Å². The Labute approximate surface area is 123 Å². The molecule has 0 aromatic heterocycles. The topological polar surface area (TPSA) is 64.3 Å². The smallest absolute Gasteiger partial charge is 0.404 e. The molecule has 0 bridgehead atoms. The van der Waals surface area contributed by atoms with Crippen molar-refractivity contribution < 1.29 is 18.3 Å². The highest BCUT2D eigenvalue weighted by molar-refractivity contribution is 5.79. The summed E-state index contributed by atoms with van der Waals surface area (Å²) in [5.74, 6) is 0. The highest BCUT2D eigenvalue weighted by Crippen LogP contribution is 2.33. The molecule has 0 saturated heterocycles. The van der Waals surface area contributed by atoms with Crippen LogP contribution in [0.1, 0.15) is 31.7 Å². The van der Waals surface area contributed by atoms with Crippen LogP contribution in [0.4, 0.5) is 19.3 Å². The third-order valence-electron chi connectivity index (χ3n) is 2.91. The van der Waals surface area contributed by atoms with E-state index in [1.54, 1.807) is 12.1 Å².